The number of aliphatic hydroxyl groups excluding tert-OH is 1. The molecule has 4 heteroatoms. The Balaban J connectivity index is 2.47. The molecule has 1 rings (SSSR count). The summed E-state index contributed by atoms with van der Waals surface area (Å²) in [4.78, 5) is 10.3. The van der Waals surface area contributed by atoms with Crippen LogP contribution in [-0.2, 0) is 9.53 Å². The fourth-order valence-electron chi connectivity index (χ4n) is 2.21. The second-order valence-corrected chi connectivity index (χ2v) is 4.21. The Labute approximate surface area is 83.9 Å². The molecule has 1 aliphatic rings. The quantitative estimate of drug-likeness (QED) is 0.710. The number of aliphatic hydroxyl groups is 1. The lowest BCUT2D eigenvalue weighted by Gasteiger charge is -2.25. The van der Waals surface area contributed by atoms with E-state index >= 15 is 0 Å². The van der Waals surface area contributed by atoms with Crippen molar-refractivity contribution in [3.63, 3.8) is 0 Å². The summed E-state index contributed by atoms with van der Waals surface area (Å²) in [6.07, 6.45) is 1.04. The van der Waals surface area contributed by atoms with Gasteiger partial charge in [0.05, 0.1) is 12.2 Å². The zero-order valence-corrected chi connectivity index (χ0v) is 8.64. The maximum atomic E-state index is 10.3. The lowest BCUT2D eigenvalue weighted by molar-refractivity contribution is -0.146. The molecule has 3 atom stereocenters. The topological polar surface area (TPSA) is 66.8 Å². The Bertz CT molecular complexity index is 202. The summed E-state index contributed by atoms with van der Waals surface area (Å²) in [6, 6.07) is 0. The van der Waals surface area contributed by atoms with Gasteiger partial charge in [0.1, 0.15) is 6.61 Å². The van der Waals surface area contributed by atoms with Crippen LogP contribution >= 0.6 is 0 Å². The van der Waals surface area contributed by atoms with E-state index in [2.05, 4.69) is 0 Å². The second kappa shape index (κ2) is 4.75. The van der Waals surface area contributed by atoms with Crippen molar-refractivity contribution in [3.8, 4) is 0 Å². The normalized spacial score (nSPS) is 32.4. The molecule has 0 unspecified atom stereocenters. The van der Waals surface area contributed by atoms with Gasteiger partial charge in [-0.15, -0.1) is 0 Å². The summed E-state index contributed by atoms with van der Waals surface area (Å²) < 4.78 is 5.25. The van der Waals surface area contributed by atoms with E-state index in [0.717, 1.165) is 6.42 Å². The summed E-state index contributed by atoms with van der Waals surface area (Å²) in [7, 11) is 0. The number of carboxylic acid groups (broad SMARTS) is 1. The Morgan fingerprint density at radius 3 is 2.64 bits per heavy atom. The Kier molecular flexibility index (Phi) is 3.89. The summed E-state index contributed by atoms with van der Waals surface area (Å²) in [5.74, 6) is -0.547. The van der Waals surface area contributed by atoms with E-state index in [1.54, 1.807) is 0 Å². The van der Waals surface area contributed by atoms with E-state index in [1.807, 2.05) is 13.8 Å². The van der Waals surface area contributed by atoms with Gasteiger partial charge < -0.3 is 14.9 Å². The van der Waals surface area contributed by atoms with Crippen molar-refractivity contribution < 1.29 is 19.7 Å². The molecule has 0 aliphatic heterocycles. The molecule has 0 aromatic carbocycles. The molecular weight excluding hydrogens is 184 g/mol. The first-order chi connectivity index (χ1) is 6.52. The highest BCUT2D eigenvalue weighted by Gasteiger charge is 2.37. The number of ether oxygens (including phenoxy) is 1. The highest BCUT2D eigenvalue weighted by atomic mass is 16.5. The number of hydrogen-bond donors (Lipinski definition) is 2. The minimum Gasteiger partial charge on any atom is -0.480 e. The van der Waals surface area contributed by atoms with E-state index in [4.69, 9.17) is 9.84 Å². The van der Waals surface area contributed by atoms with Gasteiger partial charge in [-0.3, -0.25) is 0 Å². The van der Waals surface area contributed by atoms with Gasteiger partial charge in [-0.25, -0.2) is 4.79 Å². The number of carboxylic acids is 1. The predicted molar refractivity (Wildman–Crippen MR) is 50.9 cm³/mol. The summed E-state index contributed by atoms with van der Waals surface area (Å²) in [6.45, 7) is 3.78. The van der Waals surface area contributed by atoms with Crippen molar-refractivity contribution in [2.45, 2.75) is 38.9 Å². The molecule has 1 fully saturated rings. The van der Waals surface area contributed by atoms with Crippen LogP contribution in [0.2, 0.25) is 0 Å². The smallest absolute Gasteiger partial charge is 0.329 e. The minimum absolute atomic E-state index is 0.0781. The predicted octanol–water partition coefficient (Wildman–Crippen LogP) is 0.883. The van der Waals surface area contributed by atoms with Crippen molar-refractivity contribution in [3.05, 3.63) is 0 Å². The van der Waals surface area contributed by atoms with Crippen molar-refractivity contribution in [2.75, 3.05) is 6.61 Å². The van der Waals surface area contributed by atoms with Gasteiger partial charge in [0, 0.05) is 5.92 Å². The van der Waals surface area contributed by atoms with Crippen LogP contribution in [0.5, 0.6) is 0 Å². The number of carbonyl (C=O) groups is 1. The molecular formula is C10H18O4. The van der Waals surface area contributed by atoms with E-state index in [1.165, 1.54) is 0 Å². The first-order valence-corrected chi connectivity index (χ1v) is 5.04. The van der Waals surface area contributed by atoms with Gasteiger partial charge in [0.15, 0.2) is 0 Å². The van der Waals surface area contributed by atoms with Crippen LogP contribution in [0.3, 0.4) is 0 Å². The van der Waals surface area contributed by atoms with Gasteiger partial charge >= 0.3 is 5.97 Å². The van der Waals surface area contributed by atoms with E-state index < -0.39 is 5.97 Å². The average Bonchev–Trinajstić information content (AvgIpc) is 2.43. The monoisotopic (exact) mass is 202 g/mol. The Morgan fingerprint density at radius 2 is 2.14 bits per heavy atom. The molecule has 14 heavy (non-hydrogen) atoms. The summed E-state index contributed by atoms with van der Waals surface area (Å²) in [5.41, 5.74) is 0. The van der Waals surface area contributed by atoms with Gasteiger partial charge in [-0.1, -0.05) is 13.8 Å². The third-order valence-corrected chi connectivity index (χ3v) is 2.81. The molecule has 1 aliphatic carbocycles. The largest absolute Gasteiger partial charge is 0.480 e. The third-order valence-electron chi connectivity index (χ3n) is 2.81. The van der Waals surface area contributed by atoms with Gasteiger partial charge in [0.2, 0.25) is 0 Å². The van der Waals surface area contributed by atoms with Gasteiger partial charge in [-0.2, -0.15) is 0 Å². The molecule has 0 saturated heterocycles. The SMILES string of the molecule is CC(C)[C@@H]1[C@@H](O)CC[C@H]1OCC(=O)O. The molecule has 0 aromatic rings. The van der Waals surface area contributed by atoms with Crippen LogP contribution in [0, 0.1) is 11.8 Å². The standard InChI is InChI=1S/C10H18O4/c1-6(2)10-7(11)3-4-8(10)14-5-9(12)13/h6-8,10-11H,3-5H2,1-2H3,(H,12,13)/t7-,8+,10+/m0/s1. The second-order valence-electron chi connectivity index (χ2n) is 4.21. The maximum absolute atomic E-state index is 10.3. The highest BCUT2D eigenvalue weighted by molar-refractivity contribution is 5.68. The van der Waals surface area contributed by atoms with Crippen molar-refractivity contribution >= 4 is 5.97 Å². The molecule has 0 spiro atoms. The van der Waals surface area contributed by atoms with Crippen LogP contribution in [-0.4, -0.2) is 35.0 Å². The highest BCUT2D eigenvalue weighted by Crippen LogP contribution is 2.34. The van der Waals surface area contributed by atoms with Gasteiger partial charge in [0.25, 0.3) is 0 Å². The van der Waals surface area contributed by atoms with E-state index in [-0.39, 0.29) is 24.7 Å². The van der Waals surface area contributed by atoms with Crippen LogP contribution in [0.4, 0.5) is 0 Å². The van der Waals surface area contributed by atoms with Crippen molar-refractivity contribution in [1.82, 2.24) is 0 Å². The Hall–Kier alpha value is -0.610. The first kappa shape index (κ1) is 11.5. The maximum Gasteiger partial charge on any atom is 0.329 e. The number of hydrogen-bond acceptors (Lipinski definition) is 3. The van der Waals surface area contributed by atoms with Crippen LogP contribution in [0.15, 0.2) is 0 Å². The summed E-state index contributed by atoms with van der Waals surface area (Å²) >= 11 is 0. The fraction of sp³-hybridized carbons (Fsp3) is 0.900. The zero-order chi connectivity index (χ0) is 10.7. The zero-order valence-electron chi connectivity index (χ0n) is 8.64. The van der Waals surface area contributed by atoms with Crippen molar-refractivity contribution in [1.29, 1.82) is 0 Å². The molecule has 0 bridgehead atoms. The lowest BCUT2D eigenvalue weighted by Crippen LogP contribution is -2.31. The van der Waals surface area contributed by atoms with E-state index in [9.17, 15) is 9.90 Å². The molecule has 82 valence electrons. The van der Waals surface area contributed by atoms with Gasteiger partial charge in [-0.05, 0) is 18.8 Å². The third kappa shape index (κ3) is 2.69. The van der Waals surface area contributed by atoms with Crippen LogP contribution in [0.1, 0.15) is 26.7 Å². The van der Waals surface area contributed by atoms with Crippen LogP contribution in [0.25, 0.3) is 0 Å². The Morgan fingerprint density at radius 1 is 1.50 bits per heavy atom. The minimum atomic E-state index is -0.950. The lowest BCUT2D eigenvalue weighted by atomic mass is 9.91. The molecule has 1 saturated carbocycles. The van der Waals surface area contributed by atoms with E-state index in [0.29, 0.717) is 12.3 Å². The molecule has 2 N–H and O–H groups in total. The molecule has 0 amide bonds. The average molecular weight is 202 g/mol. The fourth-order valence-corrected chi connectivity index (χ4v) is 2.21. The number of aliphatic carboxylic acids is 1. The molecule has 0 heterocycles. The summed E-state index contributed by atoms with van der Waals surface area (Å²) in [5, 5.41) is 18.1. The molecule has 4 nitrogen and oxygen atoms in total. The van der Waals surface area contributed by atoms with Crippen LogP contribution < -0.4 is 0 Å². The van der Waals surface area contributed by atoms with Crippen molar-refractivity contribution in [2.24, 2.45) is 11.8 Å². The number of rotatable bonds is 4. The molecule has 0 aromatic heterocycles. The molecule has 0 radical (unpaired) electrons. The first-order valence-electron chi connectivity index (χ1n) is 5.04.